The van der Waals surface area contributed by atoms with Crippen LogP contribution >= 0.6 is 23.1 Å². The average molecular weight is 387 g/mol. The molecule has 0 bridgehead atoms. The number of hydrogen-bond acceptors (Lipinski definition) is 6. The molecule has 0 unspecified atom stereocenters. The Morgan fingerprint density at radius 1 is 1.42 bits per heavy atom. The van der Waals surface area contributed by atoms with E-state index in [2.05, 4.69) is 21.9 Å². The fourth-order valence-electron chi connectivity index (χ4n) is 2.39. The van der Waals surface area contributed by atoms with Gasteiger partial charge in [-0.05, 0) is 19.1 Å². The van der Waals surface area contributed by atoms with Gasteiger partial charge in [-0.3, -0.25) is 14.5 Å². The molecule has 1 aromatic heterocycles. The molecular weight excluding hydrogens is 368 g/mol. The van der Waals surface area contributed by atoms with E-state index in [9.17, 15) is 9.59 Å². The summed E-state index contributed by atoms with van der Waals surface area (Å²) in [5, 5.41) is 5.29. The summed E-state index contributed by atoms with van der Waals surface area (Å²) in [4.78, 5) is 35.1. The van der Waals surface area contributed by atoms with E-state index in [1.165, 1.54) is 23.1 Å². The van der Waals surface area contributed by atoms with Crippen molar-refractivity contribution >= 4 is 50.9 Å². The summed E-state index contributed by atoms with van der Waals surface area (Å²) in [6.07, 6.45) is 3.39. The van der Waals surface area contributed by atoms with Crippen LogP contribution in [0.4, 0.5) is 10.8 Å². The Kier molecular flexibility index (Phi) is 5.85. The molecule has 134 valence electrons. The fourth-order valence-corrected chi connectivity index (χ4v) is 4.10. The molecule has 0 radical (unpaired) electrons. The molecule has 1 saturated heterocycles. The maximum atomic E-state index is 12.6. The predicted molar refractivity (Wildman–Crippen MR) is 107 cm³/mol. The van der Waals surface area contributed by atoms with E-state index in [-0.39, 0.29) is 18.2 Å². The van der Waals surface area contributed by atoms with Gasteiger partial charge in [-0.25, -0.2) is 4.98 Å². The van der Waals surface area contributed by atoms with Gasteiger partial charge in [-0.2, -0.15) is 4.99 Å². The Hall–Kier alpha value is -2.45. The number of amides is 2. The quantitative estimate of drug-likeness (QED) is 0.770. The van der Waals surface area contributed by atoms with Crippen molar-refractivity contribution in [3.05, 3.63) is 54.1 Å². The molecule has 3 rings (SSSR count). The summed E-state index contributed by atoms with van der Waals surface area (Å²) >= 11 is 2.68. The third kappa shape index (κ3) is 4.39. The molecule has 2 aromatic rings. The molecule has 1 aliphatic heterocycles. The molecule has 26 heavy (non-hydrogen) atoms. The van der Waals surface area contributed by atoms with Crippen molar-refractivity contribution in [1.82, 2.24) is 9.88 Å². The Balaban J connectivity index is 1.69. The fraction of sp³-hybridized carbons (Fsp3) is 0.222. The second-order valence-electron chi connectivity index (χ2n) is 5.67. The number of hydrogen-bond donors (Lipinski definition) is 1. The minimum Gasteiger partial charge on any atom is -0.326 e. The number of aliphatic imine (C=N–C) groups is 1. The molecule has 1 N–H and O–H groups in total. The first-order valence-electron chi connectivity index (χ1n) is 8.00. The molecule has 2 amide bonds. The molecule has 1 aromatic carbocycles. The van der Waals surface area contributed by atoms with Crippen LogP contribution in [-0.2, 0) is 9.59 Å². The second-order valence-corrected chi connectivity index (χ2v) is 7.71. The highest BCUT2D eigenvalue weighted by atomic mass is 32.2. The lowest BCUT2D eigenvalue weighted by molar-refractivity contribution is -0.127. The Morgan fingerprint density at radius 2 is 2.19 bits per heavy atom. The number of nitrogens with zero attached hydrogens (tertiary/aromatic N) is 3. The molecular formula is C18H18N4O2S2. The van der Waals surface area contributed by atoms with Gasteiger partial charge in [0, 0.05) is 30.2 Å². The first-order chi connectivity index (χ1) is 12.6. The number of carbonyl (C=O) groups excluding carboxylic acids is 2. The van der Waals surface area contributed by atoms with Gasteiger partial charge >= 0.3 is 0 Å². The van der Waals surface area contributed by atoms with Crippen LogP contribution in [0.3, 0.4) is 0 Å². The lowest BCUT2D eigenvalue weighted by Gasteiger charge is -2.13. The Labute approximate surface area is 160 Å². The van der Waals surface area contributed by atoms with Gasteiger partial charge in [0.05, 0.1) is 0 Å². The molecule has 1 fully saturated rings. The first-order valence-corrected chi connectivity index (χ1v) is 9.76. The zero-order valence-corrected chi connectivity index (χ0v) is 15.8. The molecule has 0 saturated carbocycles. The number of thiazole rings is 1. The number of anilines is 1. The molecule has 0 spiro atoms. The average Bonchev–Trinajstić information content (AvgIpc) is 3.22. The van der Waals surface area contributed by atoms with Crippen LogP contribution in [0.2, 0.25) is 0 Å². The van der Waals surface area contributed by atoms with Crippen LogP contribution < -0.4 is 5.32 Å². The standard InChI is InChI=1S/C18H18N4O2S2/c1-3-9-22-16(24)14(26-18(22)21-17-19-8-10-25-17)11-15(23)20-13-6-4-12(2)5-7-13/h3-8,10,14H,1,9,11H2,2H3,(H,20,23)/t14-/m1/s1. The van der Waals surface area contributed by atoms with E-state index in [0.29, 0.717) is 16.8 Å². The number of amidine groups is 1. The topological polar surface area (TPSA) is 74.7 Å². The third-order valence-corrected chi connectivity index (χ3v) is 5.49. The number of benzene rings is 1. The zero-order chi connectivity index (χ0) is 18.5. The second kappa shape index (κ2) is 8.29. The van der Waals surface area contributed by atoms with Crippen LogP contribution in [-0.4, -0.2) is 38.7 Å². The number of rotatable bonds is 6. The lowest BCUT2D eigenvalue weighted by Crippen LogP contribution is -2.33. The SMILES string of the molecule is C=CCN1C(=O)[C@@H](CC(=O)Nc2ccc(C)cc2)SC1=Nc1nccs1. The molecule has 0 aliphatic carbocycles. The minimum atomic E-state index is -0.501. The van der Waals surface area contributed by atoms with Gasteiger partial charge in [-0.15, -0.1) is 17.9 Å². The van der Waals surface area contributed by atoms with Gasteiger partial charge < -0.3 is 5.32 Å². The lowest BCUT2D eigenvalue weighted by atomic mass is 10.2. The summed E-state index contributed by atoms with van der Waals surface area (Å²) in [5.74, 6) is -0.335. The minimum absolute atomic E-state index is 0.0852. The highest BCUT2D eigenvalue weighted by Crippen LogP contribution is 2.32. The predicted octanol–water partition coefficient (Wildman–Crippen LogP) is 3.60. The largest absolute Gasteiger partial charge is 0.326 e. The van der Waals surface area contributed by atoms with Gasteiger partial charge in [-0.1, -0.05) is 35.5 Å². The van der Waals surface area contributed by atoms with E-state index < -0.39 is 5.25 Å². The number of carbonyl (C=O) groups is 2. The maximum Gasteiger partial charge on any atom is 0.242 e. The van der Waals surface area contributed by atoms with E-state index in [4.69, 9.17) is 0 Å². The molecule has 8 heteroatoms. The number of aryl methyl sites for hydroxylation is 1. The van der Waals surface area contributed by atoms with Gasteiger partial charge in [0.25, 0.3) is 0 Å². The van der Waals surface area contributed by atoms with E-state index in [1.54, 1.807) is 17.2 Å². The first kappa shape index (κ1) is 18.3. The molecule has 2 heterocycles. The van der Waals surface area contributed by atoms with Crippen LogP contribution in [0.5, 0.6) is 0 Å². The summed E-state index contributed by atoms with van der Waals surface area (Å²) in [7, 11) is 0. The smallest absolute Gasteiger partial charge is 0.242 e. The Bertz CT molecular complexity index is 831. The summed E-state index contributed by atoms with van der Waals surface area (Å²) in [6, 6.07) is 7.54. The molecule has 1 atom stereocenters. The van der Waals surface area contributed by atoms with E-state index >= 15 is 0 Å². The van der Waals surface area contributed by atoms with E-state index in [1.807, 2.05) is 36.6 Å². The number of thioether (sulfide) groups is 1. The van der Waals surface area contributed by atoms with Crippen LogP contribution in [0.25, 0.3) is 0 Å². The normalized spacial score (nSPS) is 18.3. The van der Waals surface area contributed by atoms with Crippen molar-refractivity contribution in [2.75, 3.05) is 11.9 Å². The van der Waals surface area contributed by atoms with Crippen LogP contribution in [0.1, 0.15) is 12.0 Å². The summed E-state index contributed by atoms with van der Waals surface area (Å²) in [5.41, 5.74) is 1.84. The van der Waals surface area contributed by atoms with Crippen molar-refractivity contribution in [2.24, 2.45) is 4.99 Å². The van der Waals surface area contributed by atoms with Crippen molar-refractivity contribution in [3.8, 4) is 0 Å². The van der Waals surface area contributed by atoms with Gasteiger partial charge in [0.1, 0.15) is 5.25 Å². The number of nitrogens with one attached hydrogen (secondary N) is 1. The van der Waals surface area contributed by atoms with Crippen molar-refractivity contribution in [2.45, 2.75) is 18.6 Å². The van der Waals surface area contributed by atoms with Gasteiger partial charge in [0.15, 0.2) is 5.17 Å². The number of aromatic nitrogens is 1. The van der Waals surface area contributed by atoms with Crippen molar-refractivity contribution < 1.29 is 9.59 Å². The monoisotopic (exact) mass is 386 g/mol. The highest BCUT2D eigenvalue weighted by molar-refractivity contribution is 8.15. The van der Waals surface area contributed by atoms with Crippen LogP contribution in [0.15, 0.2) is 53.5 Å². The summed E-state index contributed by atoms with van der Waals surface area (Å²) < 4.78 is 0. The van der Waals surface area contributed by atoms with Crippen molar-refractivity contribution in [1.29, 1.82) is 0 Å². The molecule has 6 nitrogen and oxygen atoms in total. The maximum absolute atomic E-state index is 12.6. The van der Waals surface area contributed by atoms with Crippen LogP contribution in [0, 0.1) is 6.92 Å². The zero-order valence-electron chi connectivity index (χ0n) is 14.2. The third-order valence-electron chi connectivity index (χ3n) is 3.65. The summed E-state index contributed by atoms with van der Waals surface area (Å²) in [6.45, 7) is 6.02. The molecule has 1 aliphatic rings. The van der Waals surface area contributed by atoms with Crippen molar-refractivity contribution in [3.63, 3.8) is 0 Å². The van der Waals surface area contributed by atoms with Gasteiger partial charge in [0.2, 0.25) is 16.9 Å². The van der Waals surface area contributed by atoms with E-state index in [0.717, 1.165) is 11.3 Å². The highest BCUT2D eigenvalue weighted by Gasteiger charge is 2.38. The Morgan fingerprint density at radius 3 is 2.85 bits per heavy atom.